The molecule has 0 aliphatic rings. The van der Waals surface area contributed by atoms with Crippen LogP contribution in [0, 0.1) is 0 Å². The third kappa shape index (κ3) is 2.38. The Morgan fingerprint density at radius 1 is 1.36 bits per heavy atom. The van der Waals surface area contributed by atoms with Crippen LogP contribution in [0.15, 0.2) is 21.5 Å². The highest BCUT2D eigenvalue weighted by molar-refractivity contribution is 9.10. The van der Waals surface area contributed by atoms with Crippen LogP contribution in [0.25, 0.3) is 0 Å². The molecule has 1 rings (SSSR count). The van der Waals surface area contributed by atoms with E-state index in [1.165, 1.54) is 17.8 Å². The van der Waals surface area contributed by atoms with Crippen molar-refractivity contribution < 1.29 is 13.2 Å². The average Bonchev–Trinajstić information content (AvgIpc) is 2.02. The zero-order chi connectivity index (χ0) is 10.9. The summed E-state index contributed by atoms with van der Waals surface area (Å²) in [7, 11) is 0. The minimum atomic E-state index is -4.40. The number of hydrogen-bond acceptors (Lipinski definition) is 1. The minimum Gasteiger partial charge on any atom is -0.166 e. The Hall–Kier alpha value is 0.130. The highest BCUT2D eigenvalue weighted by Crippen LogP contribution is 2.42. The summed E-state index contributed by atoms with van der Waals surface area (Å²) < 4.78 is 37.7. The summed E-state index contributed by atoms with van der Waals surface area (Å²) in [5.41, 5.74) is -0.799. The molecule has 0 fully saturated rings. The van der Waals surface area contributed by atoms with Crippen LogP contribution >= 0.6 is 39.3 Å². The predicted molar refractivity (Wildman–Crippen MR) is 55.9 cm³/mol. The summed E-state index contributed by atoms with van der Waals surface area (Å²) in [6.45, 7) is 0. The summed E-state index contributed by atoms with van der Waals surface area (Å²) in [5.74, 6) is 0. The van der Waals surface area contributed by atoms with Crippen molar-refractivity contribution in [1.82, 2.24) is 0 Å². The normalized spacial score (nSPS) is 11.9. The second-order valence-corrected chi connectivity index (χ2v) is 4.49. The van der Waals surface area contributed by atoms with Gasteiger partial charge in [0, 0.05) is 9.37 Å². The molecule has 0 amide bonds. The topological polar surface area (TPSA) is 0 Å². The van der Waals surface area contributed by atoms with Gasteiger partial charge in [0.15, 0.2) is 0 Å². The summed E-state index contributed by atoms with van der Waals surface area (Å²) in [6, 6.07) is 2.31. The molecule has 14 heavy (non-hydrogen) atoms. The maximum atomic E-state index is 12.4. The highest BCUT2D eigenvalue weighted by atomic mass is 79.9. The second kappa shape index (κ2) is 4.33. The first-order valence-corrected chi connectivity index (χ1v) is 5.86. The van der Waals surface area contributed by atoms with Gasteiger partial charge in [0.1, 0.15) is 0 Å². The van der Waals surface area contributed by atoms with Gasteiger partial charge in [-0.15, -0.1) is 11.8 Å². The number of hydrogen-bond donors (Lipinski definition) is 0. The average molecular weight is 306 g/mol. The molecule has 0 aromatic heterocycles. The number of alkyl halides is 3. The Labute approximate surface area is 97.0 Å². The van der Waals surface area contributed by atoms with E-state index in [0.29, 0.717) is 9.37 Å². The van der Waals surface area contributed by atoms with E-state index in [9.17, 15) is 13.2 Å². The van der Waals surface area contributed by atoms with Gasteiger partial charge in [-0.05, 0) is 34.3 Å². The van der Waals surface area contributed by atoms with Gasteiger partial charge >= 0.3 is 6.18 Å². The molecule has 0 saturated carbocycles. The molecule has 0 radical (unpaired) electrons. The molecule has 0 N–H and O–H groups in total. The zero-order valence-corrected chi connectivity index (χ0v) is 10.1. The van der Waals surface area contributed by atoms with E-state index < -0.39 is 11.7 Å². The van der Waals surface area contributed by atoms with E-state index in [1.54, 1.807) is 6.26 Å². The molecule has 0 saturated heterocycles. The van der Waals surface area contributed by atoms with Crippen LogP contribution in [0.3, 0.4) is 0 Å². The first-order valence-electron chi connectivity index (χ1n) is 3.47. The molecule has 1 aromatic carbocycles. The predicted octanol–water partition coefficient (Wildman–Crippen LogP) is 4.84. The fraction of sp³-hybridized carbons (Fsp3) is 0.250. The van der Waals surface area contributed by atoms with Crippen LogP contribution in [-0.4, -0.2) is 6.26 Å². The fourth-order valence-electron chi connectivity index (χ4n) is 0.939. The molecule has 6 heteroatoms. The molecule has 0 nitrogen and oxygen atoms in total. The van der Waals surface area contributed by atoms with Gasteiger partial charge in [-0.1, -0.05) is 11.6 Å². The first kappa shape index (κ1) is 12.2. The summed E-state index contributed by atoms with van der Waals surface area (Å²) >= 11 is 9.94. The SMILES string of the molecule is CSc1c(Br)ccc(C(F)(F)F)c1Cl. The molecule has 0 spiro atoms. The Balaban J connectivity index is 3.36. The maximum absolute atomic E-state index is 12.4. The van der Waals surface area contributed by atoms with Crippen molar-refractivity contribution in [2.24, 2.45) is 0 Å². The number of halogens is 5. The van der Waals surface area contributed by atoms with E-state index >= 15 is 0 Å². The Morgan fingerprint density at radius 3 is 2.36 bits per heavy atom. The van der Waals surface area contributed by atoms with E-state index in [2.05, 4.69) is 15.9 Å². The summed E-state index contributed by atoms with van der Waals surface area (Å²) in [5, 5.41) is -0.251. The number of thioether (sulfide) groups is 1. The van der Waals surface area contributed by atoms with Crippen molar-refractivity contribution in [3.05, 3.63) is 27.2 Å². The molecular weight excluding hydrogens is 301 g/mol. The van der Waals surface area contributed by atoms with Crippen LogP contribution in [0.1, 0.15) is 5.56 Å². The lowest BCUT2D eigenvalue weighted by Crippen LogP contribution is -2.06. The third-order valence-electron chi connectivity index (χ3n) is 1.56. The van der Waals surface area contributed by atoms with Gasteiger partial charge in [-0.3, -0.25) is 0 Å². The van der Waals surface area contributed by atoms with E-state index in [-0.39, 0.29) is 5.02 Å². The third-order valence-corrected chi connectivity index (χ3v) is 3.82. The smallest absolute Gasteiger partial charge is 0.166 e. The second-order valence-electron chi connectivity index (χ2n) is 2.44. The van der Waals surface area contributed by atoms with E-state index in [1.807, 2.05) is 0 Å². The van der Waals surface area contributed by atoms with Crippen molar-refractivity contribution in [2.45, 2.75) is 11.1 Å². The molecule has 0 atom stereocenters. The molecule has 0 aliphatic carbocycles. The van der Waals surface area contributed by atoms with Gasteiger partial charge in [-0.25, -0.2) is 0 Å². The molecular formula is C8H5BrClF3S. The van der Waals surface area contributed by atoms with E-state index in [4.69, 9.17) is 11.6 Å². The van der Waals surface area contributed by atoms with Crippen molar-refractivity contribution in [1.29, 1.82) is 0 Å². The van der Waals surface area contributed by atoms with Crippen LogP contribution in [-0.2, 0) is 6.18 Å². The Bertz CT molecular complexity index is 351. The van der Waals surface area contributed by atoms with Crippen molar-refractivity contribution >= 4 is 39.3 Å². The molecule has 0 heterocycles. The van der Waals surface area contributed by atoms with Crippen molar-refractivity contribution in [3.63, 3.8) is 0 Å². The van der Waals surface area contributed by atoms with Crippen molar-refractivity contribution in [3.8, 4) is 0 Å². The minimum absolute atomic E-state index is 0.251. The Morgan fingerprint density at radius 2 is 1.93 bits per heavy atom. The number of benzene rings is 1. The molecule has 78 valence electrons. The molecule has 1 aromatic rings. The van der Waals surface area contributed by atoms with Gasteiger partial charge in [0.25, 0.3) is 0 Å². The van der Waals surface area contributed by atoms with Crippen LogP contribution in [0.4, 0.5) is 13.2 Å². The van der Waals surface area contributed by atoms with Crippen molar-refractivity contribution in [2.75, 3.05) is 6.26 Å². The zero-order valence-electron chi connectivity index (χ0n) is 6.95. The van der Waals surface area contributed by atoms with E-state index in [0.717, 1.165) is 6.07 Å². The molecule has 0 aliphatic heterocycles. The van der Waals surface area contributed by atoms with Gasteiger partial charge in [0.2, 0.25) is 0 Å². The largest absolute Gasteiger partial charge is 0.417 e. The maximum Gasteiger partial charge on any atom is 0.417 e. The van der Waals surface area contributed by atoms with Crippen LogP contribution < -0.4 is 0 Å². The monoisotopic (exact) mass is 304 g/mol. The lowest BCUT2D eigenvalue weighted by atomic mass is 10.2. The molecule has 0 bridgehead atoms. The Kier molecular flexibility index (Phi) is 3.77. The van der Waals surface area contributed by atoms with Gasteiger partial charge in [-0.2, -0.15) is 13.2 Å². The van der Waals surface area contributed by atoms with Gasteiger partial charge in [0.05, 0.1) is 10.6 Å². The van der Waals surface area contributed by atoms with Gasteiger partial charge < -0.3 is 0 Å². The lowest BCUT2D eigenvalue weighted by Gasteiger charge is -2.12. The summed E-state index contributed by atoms with van der Waals surface area (Å²) in [4.78, 5) is 0.404. The first-order chi connectivity index (χ1) is 6.38. The standard InChI is InChI=1S/C8H5BrClF3S/c1-14-7-5(9)3-2-4(6(7)10)8(11,12)13/h2-3H,1H3. The quantitative estimate of drug-likeness (QED) is 0.669. The van der Waals surface area contributed by atoms with Crippen LogP contribution in [0.5, 0.6) is 0 Å². The van der Waals surface area contributed by atoms with Crippen LogP contribution in [0.2, 0.25) is 5.02 Å². The molecule has 0 unspecified atom stereocenters. The number of rotatable bonds is 1. The fourth-order valence-corrected chi connectivity index (χ4v) is 2.92. The highest BCUT2D eigenvalue weighted by Gasteiger charge is 2.34. The lowest BCUT2D eigenvalue weighted by molar-refractivity contribution is -0.137. The summed E-state index contributed by atoms with van der Waals surface area (Å²) in [6.07, 6.45) is -2.73.